The number of fused-ring (bicyclic) bond motifs is 1. The van der Waals surface area contributed by atoms with E-state index in [4.69, 9.17) is 21.2 Å². The number of aliphatic imine (C=N–C) groups is 1. The van der Waals surface area contributed by atoms with Gasteiger partial charge >= 0.3 is 0 Å². The quantitative estimate of drug-likeness (QED) is 0.657. The average molecular weight is 295 g/mol. The zero-order chi connectivity index (χ0) is 15.4. The molecule has 0 bridgehead atoms. The Morgan fingerprint density at radius 1 is 1.05 bits per heavy atom. The molecule has 0 saturated heterocycles. The Hall–Kier alpha value is -2.33. The molecular weight excluding hydrogens is 274 g/mol. The van der Waals surface area contributed by atoms with Crippen LogP contribution in [0.25, 0.3) is 0 Å². The predicted molar refractivity (Wildman–Crippen MR) is 90.7 cm³/mol. The van der Waals surface area contributed by atoms with Crippen LogP contribution in [0.1, 0.15) is 23.1 Å². The van der Waals surface area contributed by atoms with Gasteiger partial charge in [-0.15, -0.1) is 0 Å². The topological polar surface area (TPSA) is 73.6 Å². The molecule has 0 unspecified atom stereocenters. The second kappa shape index (κ2) is 6.62. The number of nitrogens with two attached hydrogens (primary N) is 2. The molecule has 0 aromatic heterocycles. The molecule has 1 aliphatic rings. The monoisotopic (exact) mass is 295 g/mol. The van der Waals surface area contributed by atoms with Crippen molar-refractivity contribution < 1.29 is 4.74 Å². The van der Waals surface area contributed by atoms with Gasteiger partial charge in [0.2, 0.25) is 0 Å². The van der Waals surface area contributed by atoms with Crippen molar-refractivity contribution in [1.82, 2.24) is 0 Å². The van der Waals surface area contributed by atoms with Crippen molar-refractivity contribution in [3.05, 3.63) is 59.2 Å². The van der Waals surface area contributed by atoms with Crippen LogP contribution < -0.4 is 16.2 Å². The van der Waals surface area contributed by atoms with Crippen LogP contribution in [-0.4, -0.2) is 25.4 Å². The summed E-state index contributed by atoms with van der Waals surface area (Å²) in [5, 5.41) is 0. The van der Waals surface area contributed by atoms with Crippen LogP contribution in [0.15, 0.2) is 47.5 Å². The van der Waals surface area contributed by atoms with Crippen LogP contribution in [0.4, 0.5) is 5.69 Å². The summed E-state index contributed by atoms with van der Waals surface area (Å²) in [6.45, 7) is 1.98. The molecule has 0 fully saturated rings. The fourth-order valence-electron chi connectivity index (χ4n) is 2.71. The van der Waals surface area contributed by atoms with E-state index in [1.54, 1.807) is 0 Å². The SMILES string of the molecule is NCCCOc1cccc(C2=NCCc3ccccc32)c1N. The number of hydrogen-bond donors (Lipinski definition) is 2. The molecular formula is C18H21N3O. The molecule has 4 N–H and O–H groups in total. The fourth-order valence-corrected chi connectivity index (χ4v) is 2.71. The van der Waals surface area contributed by atoms with E-state index >= 15 is 0 Å². The summed E-state index contributed by atoms with van der Waals surface area (Å²) in [7, 11) is 0. The molecule has 4 nitrogen and oxygen atoms in total. The van der Waals surface area contributed by atoms with Gasteiger partial charge in [-0.05, 0) is 31.0 Å². The summed E-state index contributed by atoms with van der Waals surface area (Å²) in [5.41, 5.74) is 16.9. The number of benzene rings is 2. The lowest BCUT2D eigenvalue weighted by Gasteiger charge is -2.19. The van der Waals surface area contributed by atoms with Crippen LogP contribution in [0, 0.1) is 0 Å². The Bertz CT molecular complexity index is 694. The normalized spacial score (nSPS) is 13.4. The molecule has 114 valence electrons. The number of anilines is 1. The van der Waals surface area contributed by atoms with E-state index in [1.165, 1.54) is 11.1 Å². The first-order chi connectivity index (χ1) is 10.8. The molecule has 22 heavy (non-hydrogen) atoms. The Labute approximate surface area is 130 Å². The molecule has 0 spiro atoms. The van der Waals surface area contributed by atoms with Gasteiger partial charge in [0, 0.05) is 17.7 Å². The van der Waals surface area contributed by atoms with Gasteiger partial charge < -0.3 is 16.2 Å². The van der Waals surface area contributed by atoms with Gasteiger partial charge in [0.05, 0.1) is 18.0 Å². The van der Waals surface area contributed by atoms with Gasteiger partial charge in [-0.25, -0.2) is 0 Å². The van der Waals surface area contributed by atoms with E-state index < -0.39 is 0 Å². The minimum atomic E-state index is 0.577. The summed E-state index contributed by atoms with van der Waals surface area (Å²) in [6, 6.07) is 14.2. The van der Waals surface area contributed by atoms with Crippen molar-refractivity contribution >= 4 is 11.4 Å². The zero-order valence-corrected chi connectivity index (χ0v) is 12.6. The zero-order valence-electron chi connectivity index (χ0n) is 12.6. The van der Waals surface area contributed by atoms with Crippen molar-refractivity contribution in [2.24, 2.45) is 10.7 Å². The third-order valence-corrected chi connectivity index (χ3v) is 3.85. The fraction of sp³-hybridized carbons (Fsp3) is 0.278. The number of nitrogens with zero attached hydrogens (tertiary/aromatic N) is 1. The van der Waals surface area contributed by atoms with E-state index in [-0.39, 0.29) is 0 Å². The van der Waals surface area contributed by atoms with E-state index in [9.17, 15) is 0 Å². The number of ether oxygens (including phenoxy) is 1. The molecule has 0 radical (unpaired) electrons. The molecule has 4 heteroatoms. The number of hydrogen-bond acceptors (Lipinski definition) is 4. The Morgan fingerprint density at radius 3 is 2.73 bits per heavy atom. The third-order valence-electron chi connectivity index (χ3n) is 3.85. The minimum absolute atomic E-state index is 0.577. The average Bonchev–Trinajstić information content (AvgIpc) is 2.56. The molecule has 0 aliphatic carbocycles. The van der Waals surface area contributed by atoms with Crippen molar-refractivity contribution in [2.75, 3.05) is 25.4 Å². The van der Waals surface area contributed by atoms with Gasteiger partial charge in [-0.2, -0.15) is 0 Å². The van der Waals surface area contributed by atoms with Gasteiger partial charge in [-0.3, -0.25) is 4.99 Å². The van der Waals surface area contributed by atoms with Gasteiger partial charge in [0.15, 0.2) is 0 Å². The van der Waals surface area contributed by atoms with Gasteiger partial charge in [0.1, 0.15) is 5.75 Å². The summed E-state index contributed by atoms with van der Waals surface area (Å²) in [6.07, 6.45) is 1.79. The molecule has 2 aromatic carbocycles. The van der Waals surface area contributed by atoms with Gasteiger partial charge in [-0.1, -0.05) is 36.4 Å². The molecule has 2 aromatic rings. The van der Waals surface area contributed by atoms with Crippen LogP contribution >= 0.6 is 0 Å². The van der Waals surface area contributed by atoms with E-state index in [0.29, 0.717) is 24.6 Å². The maximum Gasteiger partial charge on any atom is 0.142 e. The largest absolute Gasteiger partial charge is 0.491 e. The van der Waals surface area contributed by atoms with Crippen LogP contribution in [0.2, 0.25) is 0 Å². The minimum Gasteiger partial charge on any atom is -0.491 e. The lowest BCUT2D eigenvalue weighted by molar-refractivity contribution is 0.315. The molecule has 0 amide bonds. The van der Waals surface area contributed by atoms with Crippen LogP contribution in [-0.2, 0) is 6.42 Å². The first-order valence-electron chi connectivity index (χ1n) is 7.65. The summed E-state index contributed by atoms with van der Waals surface area (Å²) in [5.74, 6) is 0.705. The van der Waals surface area contributed by atoms with Crippen LogP contribution in [0.3, 0.4) is 0 Å². The molecule has 0 saturated carbocycles. The maximum absolute atomic E-state index is 6.32. The second-order valence-corrected chi connectivity index (χ2v) is 5.35. The van der Waals surface area contributed by atoms with E-state index in [0.717, 1.165) is 30.7 Å². The highest BCUT2D eigenvalue weighted by atomic mass is 16.5. The van der Waals surface area contributed by atoms with Crippen molar-refractivity contribution in [1.29, 1.82) is 0 Å². The second-order valence-electron chi connectivity index (χ2n) is 5.35. The van der Waals surface area contributed by atoms with Crippen molar-refractivity contribution in [3.8, 4) is 5.75 Å². The lowest BCUT2D eigenvalue weighted by Crippen LogP contribution is -2.16. The Morgan fingerprint density at radius 2 is 1.86 bits per heavy atom. The Kier molecular flexibility index (Phi) is 4.39. The van der Waals surface area contributed by atoms with Gasteiger partial charge in [0.25, 0.3) is 0 Å². The summed E-state index contributed by atoms with van der Waals surface area (Å²) in [4.78, 5) is 4.70. The number of rotatable bonds is 5. The molecule has 0 atom stereocenters. The number of para-hydroxylation sites is 1. The first-order valence-corrected chi connectivity index (χ1v) is 7.65. The molecule has 1 aliphatic heterocycles. The lowest BCUT2D eigenvalue weighted by atomic mass is 9.92. The molecule has 1 heterocycles. The highest BCUT2D eigenvalue weighted by molar-refractivity contribution is 6.17. The van der Waals surface area contributed by atoms with Crippen LogP contribution in [0.5, 0.6) is 5.75 Å². The highest BCUT2D eigenvalue weighted by Gasteiger charge is 2.18. The third kappa shape index (κ3) is 2.83. The predicted octanol–water partition coefficient (Wildman–Crippen LogP) is 2.39. The number of nitrogen functional groups attached to an aromatic ring is 1. The maximum atomic E-state index is 6.32. The van der Waals surface area contributed by atoms with E-state index in [1.807, 2.05) is 24.3 Å². The summed E-state index contributed by atoms with van der Waals surface area (Å²) >= 11 is 0. The van der Waals surface area contributed by atoms with Crippen molar-refractivity contribution in [2.45, 2.75) is 12.8 Å². The Balaban J connectivity index is 1.95. The standard InChI is InChI=1S/C18H21N3O/c19-10-4-12-22-16-8-3-7-15(17(16)20)18-14-6-2-1-5-13(14)9-11-21-18/h1-3,5-8H,4,9-12,19-20H2. The van der Waals surface area contributed by atoms with E-state index in [2.05, 4.69) is 18.2 Å². The highest BCUT2D eigenvalue weighted by Crippen LogP contribution is 2.30. The smallest absolute Gasteiger partial charge is 0.142 e. The van der Waals surface area contributed by atoms with Crippen molar-refractivity contribution in [3.63, 3.8) is 0 Å². The molecule has 3 rings (SSSR count). The summed E-state index contributed by atoms with van der Waals surface area (Å²) < 4.78 is 5.74. The first kappa shape index (κ1) is 14.6.